The summed E-state index contributed by atoms with van der Waals surface area (Å²) in [5, 5.41) is 0.908. The monoisotopic (exact) mass is 356 g/mol. The summed E-state index contributed by atoms with van der Waals surface area (Å²) in [5.74, 6) is 1.77. The Kier molecular flexibility index (Phi) is 4.50. The summed E-state index contributed by atoms with van der Waals surface area (Å²) in [5.41, 5.74) is 1.89. The van der Waals surface area contributed by atoms with Crippen LogP contribution in [0.1, 0.15) is 48.0 Å². The Hall–Kier alpha value is -1.88. The van der Waals surface area contributed by atoms with Crippen LogP contribution >= 0.6 is 11.3 Å². The Morgan fingerprint density at radius 3 is 2.56 bits per heavy atom. The molecule has 25 heavy (non-hydrogen) atoms. The number of hydrogen-bond donors (Lipinski definition) is 0. The quantitative estimate of drug-likeness (QED) is 0.732. The molecule has 0 spiro atoms. The molecule has 1 amide bonds. The number of aromatic nitrogens is 1. The Bertz CT molecular complexity index is 761. The van der Waals surface area contributed by atoms with Gasteiger partial charge < -0.3 is 9.64 Å². The predicted molar refractivity (Wildman–Crippen MR) is 100 cm³/mol. The van der Waals surface area contributed by atoms with Gasteiger partial charge in [-0.2, -0.15) is 0 Å². The van der Waals surface area contributed by atoms with Gasteiger partial charge in [-0.3, -0.25) is 4.79 Å². The summed E-state index contributed by atoms with van der Waals surface area (Å²) in [6.45, 7) is 5.51. The van der Waals surface area contributed by atoms with Crippen molar-refractivity contribution in [3.05, 3.63) is 34.8 Å². The molecule has 1 heterocycles. The van der Waals surface area contributed by atoms with Crippen molar-refractivity contribution in [1.82, 2.24) is 9.88 Å². The second kappa shape index (κ2) is 6.79. The van der Waals surface area contributed by atoms with E-state index in [0.29, 0.717) is 12.6 Å². The fraction of sp³-hybridized carbons (Fsp3) is 0.500. The van der Waals surface area contributed by atoms with E-state index in [2.05, 4.69) is 9.88 Å². The average molecular weight is 356 g/mol. The van der Waals surface area contributed by atoms with Gasteiger partial charge in [0.25, 0.3) is 5.91 Å². The number of rotatable bonds is 7. The topological polar surface area (TPSA) is 42.4 Å². The number of carbonyl (C=O) groups is 1. The minimum Gasteiger partial charge on any atom is -0.494 e. The molecule has 1 aromatic heterocycles. The largest absolute Gasteiger partial charge is 0.494 e. The molecule has 5 heteroatoms. The van der Waals surface area contributed by atoms with E-state index < -0.39 is 0 Å². The zero-order chi connectivity index (χ0) is 17.4. The van der Waals surface area contributed by atoms with Crippen LogP contribution in [0.15, 0.2) is 24.3 Å². The van der Waals surface area contributed by atoms with Gasteiger partial charge in [-0.25, -0.2) is 4.98 Å². The molecule has 2 aliphatic rings. The summed E-state index contributed by atoms with van der Waals surface area (Å²) in [7, 11) is 0. The van der Waals surface area contributed by atoms with Gasteiger partial charge in [-0.1, -0.05) is 0 Å². The number of nitrogens with zero attached hydrogens (tertiary/aromatic N) is 2. The molecule has 0 atom stereocenters. The molecular formula is C20H24N2O2S. The molecule has 2 fully saturated rings. The molecule has 0 unspecified atom stereocenters. The van der Waals surface area contributed by atoms with Crippen molar-refractivity contribution in [3.63, 3.8) is 0 Å². The lowest BCUT2D eigenvalue weighted by atomic mass is 10.2. The minimum absolute atomic E-state index is 0.182. The molecule has 0 radical (unpaired) electrons. The van der Waals surface area contributed by atoms with Crippen molar-refractivity contribution >= 4 is 17.2 Å². The van der Waals surface area contributed by atoms with Crippen molar-refractivity contribution in [3.8, 4) is 16.3 Å². The predicted octanol–water partition coefficient (Wildman–Crippen LogP) is 4.53. The third-order valence-electron chi connectivity index (χ3n) is 4.80. The van der Waals surface area contributed by atoms with E-state index in [4.69, 9.17) is 4.74 Å². The van der Waals surface area contributed by atoms with E-state index in [0.717, 1.165) is 52.2 Å². The maximum Gasteiger partial charge on any atom is 0.266 e. The first kappa shape index (κ1) is 16.6. The van der Waals surface area contributed by atoms with Crippen LogP contribution in [0.4, 0.5) is 0 Å². The molecule has 0 aliphatic heterocycles. The first-order valence-electron chi connectivity index (χ1n) is 9.17. The Balaban J connectivity index is 1.55. The molecule has 2 saturated carbocycles. The van der Waals surface area contributed by atoms with Crippen molar-refractivity contribution in [1.29, 1.82) is 0 Å². The Morgan fingerprint density at radius 2 is 1.96 bits per heavy atom. The van der Waals surface area contributed by atoms with Gasteiger partial charge in [0.1, 0.15) is 15.6 Å². The molecule has 0 bridgehead atoms. The molecule has 4 rings (SSSR count). The van der Waals surface area contributed by atoms with Gasteiger partial charge in [-0.15, -0.1) is 11.3 Å². The number of carbonyl (C=O) groups excluding carboxylic acids is 1. The molecule has 0 saturated heterocycles. The van der Waals surface area contributed by atoms with Crippen molar-refractivity contribution in [2.24, 2.45) is 5.92 Å². The highest BCUT2D eigenvalue weighted by Gasteiger charge is 2.38. The maximum atomic E-state index is 13.1. The second-order valence-corrected chi connectivity index (χ2v) is 8.02. The smallest absolute Gasteiger partial charge is 0.266 e. The van der Waals surface area contributed by atoms with E-state index >= 15 is 0 Å². The fourth-order valence-corrected chi connectivity index (χ4v) is 4.10. The molecule has 1 aromatic carbocycles. The van der Waals surface area contributed by atoms with Crippen LogP contribution in [0.25, 0.3) is 10.6 Å². The van der Waals surface area contributed by atoms with Crippen LogP contribution < -0.4 is 4.74 Å². The van der Waals surface area contributed by atoms with Gasteiger partial charge in [0, 0.05) is 18.2 Å². The number of aryl methyl sites for hydroxylation is 1. The normalized spacial score (nSPS) is 16.7. The number of benzene rings is 1. The fourth-order valence-electron chi connectivity index (χ4n) is 3.07. The number of hydrogen-bond acceptors (Lipinski definition) is 4. The minimum atomic E-state index is 0.182. The summed E-state index contributed by atoms with van der Waals surface area (Å²) < 4.78 is 5.49. The summed E-state index contributed by atoms with van der Waals surface area (Å²) >= 11 is 1.52. The van der Waals surface area contributed by atoms with Crippen LogP contribution in [0.5, 0.6) is 5.75 Å². The van der Waals surface area contributed by atoms with Crippen molar-refractivity contribution in [2.75, 3.05) is 13.2 Å². The van der Waals surface area contributed by atoms with E-state index in [-0.39, 0.29) is 5.91 Å². The lowest BCUT2D eigenvalue weighted by Crippen LogP contribution is -2.34. The molecular weight excluding hydrogens is 332 g/mol. The zero-order valence-electron chi connectivity index (χ0n) is 14.8. The van der Waals surface area contributed by atoms with E-state index in [1.54, 1.807) is 0 Å². The second-order valence-electron chi connectivity index (χ2n) is 7.02. The van der Waals surface area contributed by atoms with Crippen LogP contribution in [-0.4, -0.2) is 35.0 Å². The SMILES string of the molecule is CCOc1ccc(-c2nc(C)c(C(=O)N(CC3CC3)C3CC3)s2)cc1. The van der Waals surface area contributed by atoms with Gasteiger partial charge in [0.2, 0.25) is 0 Å². The van der Waals surface area contributed by atoms with Crippen LogP contribution in [0.3, 0.4) is 0 Å². The highest BCUT2D eigenvalue weighted by atomic mass is 32.1. The van der Waals surface area contributed by atoms with Crippen LogP contribution in [0, 0.1) is 12.8 Å². The van der Waals surface area contributed by atoms with E-state index in [1.807, 2.05) is 38.1 Å². The zero-order valence-corrected chi connectivity index (χ0v) is 15.6. The Labute approximate surface area is 152 Å². The van der Waals surface area contributed by atoms with Gasteiger partial charge in [0.15, 0.2) is 0 Å². The van der Waals surface area contributed by atoms with Crippen LogP contribution in [0.2, 0.25) is 0 Å². The van der Waals surface area contributed by atoms with Gasteiger partial charge >= 0.3 is 0 Å². The maximum absolute atomic E-state index is 13.1. The molecule has 2 aliphatic carbocycles. The lowest BCUT2D eigenvalue weighted by molar-refractivity contribution is 0.0738. The molecule has 2 aromatic rings. The van der Waals surface area contributed by atoms with Crippen molar-refractivity contribution in [2.45, 2.75) is 45.6 Å². The molecule has 132 valence electrons. The molecule has 0 N–H and O–H groups in total. The molecule has 4 nitrogen and oxygen atoms in total. The van der Waals surface area contributed by atoms with E-state index in [1.165, 1.54) is 24.2 Å². The summed E-state index contributed by atoms with van der Waals surface area (Å²) in [4.78, 5) is 20.6. The third kappa shape index (κ3) is 3.71. The standard InChI is InChI=1S/C20H24N2O2S/c1-3-24-17-10-6-15(7-11-17)19-21-13(2)18(25-19)20(23)22(16-8-9-16)12-14-4-5-14/h6-7,10-11,14,16H,3-5,8-9,12H2,1-2H3. The van der Waals surface area contributed by atoms with Crippen molar-refractivity contribution < 1.29 is 9.53 Å². The first-order chi connectivity index (χ1) is 12.2. The van der Waals surface area contributed by atoms with Gasteiger partial charge in [-0.05, 0) is 69.7 Å². The highest BCUT2D eigenvalue weighted by Crippen LogP contribution is 2.37. The number of thiazole rings is 1. The lowest BCUT2D eigenvalue weighted by Gasteiger charge is -2.21. The number of amides is 1. The highest BCUT2D eigenvalue weighted by molar-refractivity contribution is 7.17. The van der Waals surface area contributed by atoms with Gasteiger partial charge in [0.05, 0.1) is 12.3 Å². The van der Waals surface area contributed by atoms with E-state index in [9.17, 15) is 4.79 Å². The first-order valence-corrected chi connectivity index (χ1v) is 9.99. The van der Waals surface area contributed by atoms with Crippen LogP contribution in [-0.2, 0) is 0 Å². The third-order valence-corrected chi connectivity index (χ3v) is 6.00. The number of ether oxygens (including phenoxy) is 1. The average Bonchev–Trinajstić information content (AvgIpc) is 3.52. The summed E-state index contributed by atoms with van der Waals surface area (Å²) in [6, 6.07) is 8.41. The summed E-state index contributed by atoms with van der Waals surface area (Å²) in [6.07, 6.45) is 4.86. The Morgan fingerprint density at radius 1 is 1.24 bits per heavy atom.